The summed E-state index contributed by atoms with van der Waals surface area (Å²) in [5, 5.41) is 17.9. The molecule has 2 saturated carbocycles. The maximum absolute atomic E-state index is 13.4. The zero-order chi connectivity index (χ0) is 49.6. The average Bonchev–Trinajstić information content (AvgIpc) is 3.74. The van der Waals surface area contributed by atoms with E-state index in [0.717, 1.165) is 125 Å². The molecular weight excluding hydrogens is 945 g/mol. The number of imide groups is 1. The van der Waals surface area contributed by atoms with Crippen molar-refractivity contribution in [2.75, 3.05) is 45.1 Å². The Labute approximate surface area is 426 Å². The zero-order valence-electron chi connectivity index (χ0n) is 41.2. The molecule has 3 aliphatic heterocycles. The van der Waals surface area contributed by atoms with E-state index in [0.29, 0.717) is 70.0 Å². The quantitative estimate of drug-likeness (QED) is 0.123. The summed E-state index contributed by atoms with van der Waals surface area (Å²) in [6, 6.07) is 10.4. The van der Waals surface area contributed by atoms with Gasteiger partial charge in [0.25, 0.3) is 0 Å². The largest absolute Gasteiger partial charge is 0.477 e. The Morgan fingerprint density at radius 2 is 1.68 bits per heavy atom. The molecule has 0 bridgehead atoms. The first-order valence-corrected chi connectivity index (χ1v) is 27.1. The summed E-state index contributed by atoms with van der Waals surface area (Å²) >= 11 is 1.53. The number of amides is 2. The van der Waals surface area contributed by atoms with Crippen LogP contribution in [0.5, 0.6) is 17.5 Å². The van der Waals surface area contributed by atoms with Gasteiger partial charge in [-0.2, -0.15) is 15.2 Å². The fourth-order valence-corrected chi connectivity index (χ4v) is 15.0. The number of aryl methyl sites for hydroxylation is 2. The number of ether oxygens (including phenoxy) is 2. The first-order chi connectivity index (χ1) is 35.5. The summed E-state index contributed by atoms with van der Waals surface area (Å²) in [5.74, 6) is 2.05. The lowest BCUT2D eigenvalue weighted by atomic mass is 9.59. The number of hydrogen-bond acceptors (Lipinski definition) is 16. The van der Waals surface area contributed by atoms with Crippen molar-refractivity contribution in [3.63, 3.8) is 0 Å². The molecule has 7 aliphatic rings. The summed E-state index contributed by atoms with van der Waals surface area (Å²) in [6.07, 6.45) is 19.9. The highest BCUT2D eigenvalue weighted by Crippen LogP contribution is 2.56. The van der Waals surface area contributed by atoms with Gasteiger partial charge in [-0.15, -0.1) is 11.3 Å². The van der Waals surface area contributed by atoms with E-state index in [1.165, 1.54) is 53.8 Å². The minimum atomic E-state index is -0.677. The van der Waals surface area contributed by atoms with Crippen LogP contribution in [-0.4, -0.2) is 101 Å². The zero-order valence-corrected chi connectivity index (χ0v) is 42.1. The summed E-state index contributed by atoms with van der Waals surface area (Å²) < 4.78 is 22.4. The van der Waals surface area contributed by atoms with Gasteiger partial charge in [-0.05, 0) is 157 Å². The van der Waals surface area contributed by atoms with Gasteiger partial charge in [-0.25, -0.2) is 14.8 Å². The van der Waals surface area contributed by atoms with Crippen molar-refractivity contribution in [3.8, 4) is 35.1 Å². The number of likely N-dealkylation sites (tertiary alicyclic amines) is 2. The fraction of sp³-hybridized carbons (Fsp3) is 0.537. The fourth-order valence-electron chi connectivity index (χ4n) is 13.8. The van der Waals surface area contributed by atoms with Gasteiger partial charge in [0.15, 0.2) is 23.0 Å². The third-order valence-corrected chi connectivity index (χ3v) is 19.0. The number of rotatable bonds is 11. The van der Waals surface area contributed by atoms with Crippen LogP contribution in [0, 0.1) is 22.2 Å². The molecule has 378 valence electrons. The van der Waals surface area contributed by atoms with E-state index in [2.05, 4.69) is 48.4 Å². The third-order valence-electron chi connectivity index (χ3n) is 18.0. The molecule has 1 aromatic carbocycles. The summed E-state index contributed by atoms with van der Waals surface area (Å²) in [6.45, 7) is 5.91. The molecule has 2 spiro atoms. The van der Waals surface area contributed by atoms with E-state index in [1.54, 1.807) is 34.6 Å². The second kappa shape index (κ2) is 17.9. The Morgan fingerprint density at radius 1 is 0.918 bits per heavy atom. The van der Waals surface area contributed by atoms with Crippen molar-refractivity contribution in [2.24, 2.45) is 17.9 Å². The lowest BCUT2D eigenvalue weighted by molar-refractivity contribution is -0.135. The molecule has 8 heterocycles. The SMILES string of the molecule is Cn1c(=O)n(C2CCC(=O)NC2=O)c2ccc(C3CCN(C4CC5(CCN(CC6(COc7cc(Oc8cncnc8)nc(-c8noc9c8CCC[C@@]98CCCc9sc(N)c(C#N)c98)n7)CC6)CC5)C4)CC3)cc21. The number of anilines is 1. The lowest BCUT2D eigenvalue weighted by Crippen LogP contribution is -2.56. The standard InChI is InChI=1S/C54H60N12O6S/c1-63-40-22-33(6-7-38(40)66(51(63)69)39-8-9-42(67)59-50(39)68)32-10-18-65(19-11-32)34-24-52(25-34)16-20-64(21-17-52)29-53(14-15-53)30-70-43-23-44(71-35-27-57-31-58-28-35)61-49(60-43)46-36-4-2-12-54(47(36)72-62-46)13-3-5-41-45(54)37(26-55)48(56)73-41/h6-7,22-23,27-28,31-32,34,39H,2-5,8-21,24-25,29-30,56H2,1H3,(H,59,67,68)/t39?,54-/m0/s1. The molecule has 5 fully saturated rings. The smallest absolute Gasteiger partial charge is 0.329 e. The molecule has 3 N–H and O–H groups in total. The first kappa shape index (κ1) is 46.3. The summed E-state index contributed by atoms with van der Waals surface area (Å²) in [7, 11) is 1.77. The molecule has 0 radical (unpaired) electrons. The molecule has 6 aromatic rings. The highest BCUT2D eigenvalue weighted by atomic mass is 32.1. The Bertz CT molecular complexity index is 3250. The van der Waals surface area contributed by atoms with Crippen LogP contribution in [-0.2, 0) is 34.9 Å². The van der Waals surface area contributed by atoms with Crippen LogP contribution in [0.2, 0.25) is 0 Å². The number of aromatic nitrogens is 7. The topological polar surface area (TPSA) is 225 Å². The molecule has 2 atom stereocenters. The number of imidazole rings is 1. The van der Waals surface area contributed by atoms with Crippen molar-refractivity contribution in [3.05, 3.63) is 86.4 Å². The molecule has 73 heavy (non-hydrogen) atoms. The number of nitrogens with one attached hydrogen (secondary N) is 1. The number of nitrogen functional groups attached to an aromatic ring is 1. The Morgan fingerprint density at radius 3 is 2.44 bits per heavy atom. The second-order valence-corrected chi connectivity index (χ2v) is 23.4. The van der Waals surface area contributed by atoms with Gasteiger partial charge in [0, 0.05) is 41.9 Å². The molecule has 1 unspecified atom stereocenters. The van der Waals surface area contributed by atoms with Crippen LogP contribution in [0.3, 0.4) is 0 Å². The summed E-state index contributed by atoms with van der Waals surface area (Å²) in [5.41, 5.74) is 12.2. The van der Waals surface area contributed by atoms with Crippen molar-refractivity contribution in [1.29, 1.82) is 5.26 Å². The van der Waals surface area contributed by atoms with Crippen LogP contribution < -0.4 is 26.2 Å². The number of fused-ring (bicyclic) bond motifs is 5. The number of benzene rings is 1. The number of nitrogens with zero attached hydrogens (tertiary/aromatic N) is 10. The number of piperidine rings is 3. The average molecular weight is 1010 g/mol. The van der Waals surface area contributed by atoms with E-state index in [9.17, 15) is 19.6 Å². The van der Waals surface area contributed by atoms with E-state index in [-0.39, 0.29) is 23.4 Å². The molecule has 18 nitrogen and oxygen atoms in total. The Kier molecular flexibility index (Phi) is 11.3. The van der Waals surface area contributed by atoms with Crippen LogP contribution in [0.25, 0.3) is 22.6 Å². The van der Waals surface area contributed by atoms with Crippen molar-refractivity contribution in [1.82, 2.24) is 49.3 Å². The number of thiophene rings is 1. The monoisotopic (exact) mass is 1000 g/mol. The predicted molar refractivity (Wildman–Crippen MR) is 270 cm³/mol. The van der Waals surface area contributed by atoms with Crippen LogP contribution >= 0.6 is 11.3 Å². The highest BCUT2D eigenvalue weighted by Gasteiger charge is 2.52. The first-order valence-electron chi connectivity index (χ1n) is 26.3. The van der Waals surface area contributed by atoms with Gasteiger partial charge in [-0.3, -0.25) is 24.0 Å². The molecule has 19 heteroatoms. The van der Waals surface area contributed by atoms with Gasteiger partial charge >= 0.3 is 5.69 Å². The second-order valence-electron chi connectivity index (χ2n) is 22.3. The number of carbonyl (C=O) groups excluding carboxylic acids is 2. The molecular formula is C54H60N12O6S. The van der Waals surface area contributed by atoms with E-state index in [1.807, 2.05) is 6.07 Å². The van der Waals surface area contributed by atoms with Crippen molar-refractivity contribution in [2.45, 2.75) is 126 Å². The van der Waals surface area contributed by atoms with Crippen LogP contribution in [0.1, 0.15) is 135 Å². The minimum absolute atomic E-state index is 0.0616. The summed E-state index contributed by atoms with van der Waals surface area (Å²) in [4.78, 5) is 62.5. The number of nitriles is 1. The van der Waals surface area contributed by atoms with Crippen molar-refractivity contribution >= 4 is 39.2 Å². The third kappa shape index (κ3) is 8.11. The molecule has 2 amide bonds. The predicted octanol–water partition coefficient (Wildman–Crippen LogP) is 7.10. The Hall–Kier alpha value is -6.49. The van der Waals surface area contributed by atoms with Crippen LogP contribution in [0.4, 0.5) is 5.00 Å². The van der Waals surface area contributed by atoms with E-state index >= 15 is 0 Å². The molecule has 5 aromatic heterocycles. The highest BCUT2D eigenvalue weighted by molar-refractivity contribution is 7.16. The Balaban J connectivity index is 0.636. The molecule has 3 saturated heterocycles. The lowest BCUT2D eigenvalue weighted by Gasteiger charge is -2.56. The van der Waals surface area contributed by atoms with Crippen molar-refractivity contribution < 1.29 is 23.6 Å². The molecule has 13 rings (SSSR count). The maximum Gasteiger partial charge on any atom is 0.329 e. The number of nitrogens with two attached hydrogens (primary N) is 1. The maximum atomic E-state index is 13.4. The van der Waals surface area contributed by atoms with Gasteiger partial charge in [0.1, 0.15) is 23.4 Å². The minimum Gasteiger partial charge on any atom is -0.477 e. The normalized spacial score (nSPS) is 24.0. The molecule has 4 aliphatic carbocycles. The van der Waals surface area contributed by atoms with Gasteiger partial charge in [0.2, 0.25) is 23.6 Å². The van der Waals surface area contributed by atoms with E-state index in [4.69, 9.17) is 29.7 Å². The van der Waals surface area contributed by atoms with Gasteiger partial charge in [0.05, 0.1) is 47.1 Å². The van der Waals surface area contributed by atoms with Crippen LogP contribution in [0.15, 0.2) is 52.3 Å². The van der Waals surface area contributed by atoms with Gasteiger partial charge in [-0.1, -0.05) is 11.2 Å². The van der Waals surface area contributed by atoms with E-state index < -0.39 is 17.4 Å². The number of hydrogen-bond donors (Lipinski definition) is 2. The number of carbonyl (C=O) groups is 2. The van der Waals surface area contributed by atoms with Gasteiger partial charge < -0.3 is 29.5 Å².